The number of nitrogens with zero attached hydrogens (tertiary/aromatic N) is 3. The second kappa shape index (κ2) is 14.0. The van der Waals surface area contributed by atoms with E-state index in [0.717, 1.165) is 0 Å². The van der Waals surface area contributed by atoms with Crippen LogP contribution in [-0.2, 0) is 0 Å². The van der Waals surface area contributed by atoms with Crippen molar-refractivity contribution >= 4 is 53.4 Å². The van der Waals surface area contributed by atoms with Crippen LogP contribution in [0.1, 0.15) is 0 Å². The van der Waals surface area contributed by atoms with Gasteiger partial charge in [0.1, 0.15) is 17.2 Å². The van der Waals surface area contributed by atoms with Crippen LogP contribution in [0, 0.1) is 0 Å². The van der Waals surface area contributed by atoms with Gasteiger partial charge < -0.3 is 51.9 Å². The third kappa shape index (κ3) is 7.00. The van der Waals surface area contributed by atoms with Crippen molar-refractivity contribution < 1.29 is 23.2 Å². The summed E-state index contributed by atoms with van der Waals surface area (Å²) in [5, 5.41) is 0. The lowest BCUT2D eigenvalue weighted by Gasteiger charge is -2.40. The molecule has 6 rings (SSSR count). The molecule has 5 aromatic carbocycles. The quantitative estimate of drug-likeness (QED) is 0.0726. The van der Waals surface area contributed by atoms with Gasteiger partial charge in [0.15, 0.2) is 11.5 Å². The average molecular weight is 677 g/mol. The summed E-state index contributed by atoms with van der Waals surface area (Å²) >= 11 is 0. The third-order valence-corrected chi connectivity index (χ3v) is 12.3. The fourth-order valence-corrected chi connectivity index (χ4v) is 10.6. The van der Waals surface area contributed by atoms with Crippen LogP contribution in [0.4, 0.5) is 28.4 Å². The second-order valence-corrected chi connectivity index (χ2v) is 14.7. The molecule has 0 spiro atoms. The van der Waals surface area contributed by atoms with Gasteiger partial charge in [-0.05, 0) is 60.7 Å². The number of anilines is 5. The molecule has 1 heterocycles. The van der Waals surface area contributed by atoms with E-state index in [9.17, 15) is 0 Å². The zero-order chi connectivity index (χ0) is 32.0. The molecule has 16 heteroatoms. The van der Waals surface area contributed by atoms with Crippen LogP contribution < -0.4 is 51.9 Å². The molecule has 10 N–H and O–H groups in total. The van der Waals surface area contributed by atoms with Gasteiger partial charge in [0.2, 0.25) is 8.09 Å². The van der Waals surface area contributed by atoms with E-state index in [-0.39, 0.29) is 0 Å². The maximum Gasteiger partial charge on any atom is 0.345 e. The molecule has 0 radical (unpaired) electrons. The molecule has 0 bridgehead atoms. The lowest BCUT2D eigenvalue weighted by molar-refractivity contribution is 0.0661. The van der Waals surface area contributed by atoms with Crippen molar-refractivity contribution in [2.45, 2.75) is 0 Å². The van der Waals surface area contributed by atoms with E-state index in [2.05, 4.69) is 0 Å². The van der Waals surface area contributed by atoms with Crippen molar-refractivity contribution in [1.29, 1.82) is 0 Å². The van der Waals surface area contributed by atoms with Crippen molar-refractivity contribution in [2.24, 2.45) is 4.52 Å². The molecule has 46 heavy (non-hydrogen) atoms. The Labute approximate surface area is 268 Å². The van der Waals surface area contributed by atoms with Gasteiger partial charge in [-0.1, -0.05) is 60.7 Å². The van der Waals surface area contributed by atoms with Crippen LogP contribution >= 0.6 is 25.0 Å². The van der Waals surface area contributed by atoms with Gasteiger partial charge >= 0.3 is 16.9 Å². The maximum atomic E-state index is 6.65. The monoisotopic (exact) mass is 676 g/mol. The first-order valence-electron chi connectivity index (χ1n) is 13.8. The molecule has 236 valence electrons. The van der Waals surface area contributed by atoms with Gasteiger partial charge in [-0.25, -0.2) is 0 Å². The molecule has 5 aromatic rings. The molecule has 0 fully saturated rings. The summed E-state index contributed by atoms with van der Waals surface area (Å²) in [6, 6.07) is 35.2. The van der Waals surface area contributed by atoms with Crippen molar-refractivity contribution in [3.63, 3.8) is 0 Å². The van der Waals surface area contributed by atoms with Crippen LogP contribution in [0.25, 0.3) is 0 Å². The predicted molar refractivity (Wildman–Crippen MR) is 186 cm³/mol. The summed E-state index contributed by atoms with van der Waals surface area (Å²) in [6.45, 7) is 0. The zero-order valence-electron chi connectivity index (χ0n) is 24.2. The molecule has 1 aliphatic heterocycles. The smallest absolute Gasteiger partial charge is 0.345 e. The first-order valence-corrected chi connectivity index (χ1v) is 17.4. The number of benzene rings is 5. The second-order valence-electron chi connectivity index (χ2n) is 9.57. The Morgan fingerprint density at radius 1 is 0.478 bits per heavy atom. The van der Waals surface area contributed by atoms with E-state index in [0.29, 0.717) is 57.2 Å². The SMILES string of the molecule is Nc1ccccc1ON1P(Oc2ccccc2N)N=[PH](Oc2ccccc2N)N(Oc2ccccc2N)P1Oc1ccccc1N. The fourth-order valence-electron chi connectivity index (χ4n) is 3.97. The number of rotatable bonds is 10. The van der Waals surface area contributed by atoms with Crippen molar-refractivity contribution in [3.05, 3.63) is 121 Å². The highest BCUT2D eigenvalue weighted by molar-refractivity contribution is 7.74. The zero-order valence-corrected chi connectivity index (χ0v) is 27.0. The average Bonchev–Trinajstić information content (AvgIpc) is 3.05. The van der Waals surface area contributed by atoms with Crippen molar-refractivity contribution in [1.82, 2.24) is 9.21 Å². The van der Waals surface area contributed by atoms with Gasteiger partial charge in [-0.3, -0.25) is 0 Å². The number of hydrogen-bond acceptors (Lipinski definition) is 13. The molecule has 0 aromatic heterocycles. The summed E-state index contributed by atoms with van der Waals surface area (Å²) in [6.07, 6.45) is 0. The largest absolute Gasteiger partial charge is 0.444 e. The summed E-state index contributed by atoms with van der Waals surface area (Å²) < 4.78 is 27.6. The van der Waals surface area contributed by atoms with Gasteiger partial charge in [-0.15, -0.1) is 0 Å². The molecule has 13 nitrogen and oxygen atoms in total. The summed E-state index contributed by atoms with van der Waals surface area (Å²) in [7, 11) is -6.84. The van der Waals surface area contributed by atoms with Gasteiger partial charge in [-0.2, -0.15) is 4.52 Å². The Kier molecular flexibility index (Phi) is 9.49. The molecule has 0 amide bonds. The predicted octanol–water partition coefficient (Wildman–Crippen LogP) is 7.42. The van der Waals surface area contributed by atoms with Crippen LogP contribution in [0.5, 0.6) is 28.7 Å². The lowest BCUT2D eigenvalue weighted by Crippen LogP contribution is -2.33. The third-order valence-electron chi connectivity index (χ3n) is 6.30. The van der Waals surface area contributed by atoms with Crippen molar-refractivity contribution in [3.8, 4) is 28.7 Å². The minimum absolute atomic E-state index is 0.329. The van der Waals surface area contributed by atoms with Crippen LogP contribution in [-0.4, -0.2) is 9.21 Å². The molecule has 0 saturated carbocycles. The summed E-state index contributed by atoms with van der Waals surface area (Å²) in [5.41, 5.74) is 33.5. The molecular formula is C30H31N8O5P3. The molecular weight excluding hydrogens is 645 g/mol. The Balaban J connectivity index is 1.54. The molecule has 3 atom stereocenters. The minimum Gasteiger partial charge on any atom is -0.444 e. The van der Waals surface area contributed by atoms with E-state index in [4.69, 9.17) is 56.4 Å². The molecule has 3 unspecified atom stereocenters. The maximum absolute atomic E-state index is 6.65. The van der Waals surface area contributed by atoms with E-state index in [1.54, 1.807) is 121 Å². The summed E-state index contributed by atoms with van der Waals surface area (Å²) in [5.74, 6) is 1.79. The van der Waals surface area contributed by atoms with E-state index in [1.807, 2.05) is 0 Å². The van der Waals surface area contributed by atoms with Gasteiger partial charge in [0, 0.05) is 9.21 Å². The minimum atomic E-state index is -2.60. The van der Waals surface area contributed by atoms with E-state index >= 15 is 0 Å². The highest BCUT2D eigenvalue weighted by atomic mass is 31.3. The van der Waals surface area contributed by atoms with E-state index in [1.165, 1.54) is 9.21 Å². The number of nitrogen functional groups attached to an aromatic ring is 5. The van der Waals surface area contributed by atoms with Crippen LogP contribution in [0.3, 0.4) is 0 Å². The number of para-hydroxylation sites is 10. The first-order chi connectivity index (χ1) is 22.4. The standard InChI is InChI=1S/C30H31N8O5P3/c31-21-11-1-6-16-26(21)39-37-44(41-28-18-8-3-13-23(28)33)36-45(42-29-19-9-4-14-24(29)34)38(40-27-17-7-2-12-22(27)32)46(37)43-30-20-10-5-15-25(30)35/h1-20,44H,31-35H2. The summed E-state index contributed by atoms with van der Waals surface area (Å²) in [4.78, 5) is 13.0. The topological polar surface area (TPSA) is 195 Å². The Morgan fingerprint density at radius 3 is 1.35 bits per heavy atom. The lowest BCUT2D eigenvalue weighted by atomic mass is 10.3. The Bertz CT molecular complexity index is 1870. The highest BCUT2D eigenvalue weighted by Crippen LogP contribution is 2.71. The number of nitrogens with two attached hydrogens (primary N) is 5. The molecule has 0 aliphatic carbocycles. The normalized spacial score (nSPS) is 18.2. The number of hydrogen-bond donors (Lipinski definition) is 5. The highest BCUT2D eigenvalue weighted by Gasteiger charge is 2.49. The van der Waals surface area contributed by atoms with Crippen LogP contribution in [0.15, 0.2) is 126 Å². The fraction of sp³-hybridized carbons (Fsp3) is 0. The first kappa shape index (κ1) is 31.1. The molecule has 1 aliphatic rings. The Morgan fingerprint density at radius 2 is 0.870 bits per heavy atom. The van der Waals surface area contributed by atoms with E-state index < -0.39 is 25.0 Å². The van der Waals surface area contributed by atoms with Gasteiger partial charge in [0.25, 0.3) is 0 Å². The molecule has 0 saturated heterocycles. The van der Waals surface area contributed by atoms with Gasteiger partial charge in [0.05, 0.1) is 28.4 Å². The Hall–Kier alpha value is -4.89. The van der Waals surface area contributed by atoms with Crippen LogP contribution in [0.2, 0.25) is 0 Å². The van der Waals surface area contributed by atoms with Crippen molar-refractivity contribution in [2.75, 3.05) is 28.7 Å².